The molecule has 0 unspecified atom stereocenters. The van der Waals surface area contributed by atoms with Gasteiger partial charge in [0.2, 0.25) is 0 Å². The molecule has 0 spiro atoms. The summed E-state index contributed by atoms with van der Waals surface area (Å²) in [4.78, 5) is 39.7. The second kappa shape index (κ2) is 8.90. The van der Waals surface area contributed by atoms with Crippen LogP contribution in [0.25, 0.3) is 0 Å². The Labute approximate surface area is 200 Å². The van der Waals surface area contributed by atoms with Crippen LogP contribution in [0.2, 0.25) is 0 Å². The van der Waals surface area contributed by atoms with Crippen LogP contribution in [0.15, 0.2) is 24.3 Å². The lowest BCUT2D eigenvalue weighted by Gasteiger charge is -2.33. The highest BCUT2D eigenvalue weighted by Gasteiger charge is 2.47. The van der Waals surface area contributed by atoms with Crippen molar-refractivity contribution in [2.45, 2.75) is 65.4 Å². The first kappa shape index (κ1) is 26.0. The van der Waals surface area contributed by atoms with E-state index in [1.807, 2.05) is 0 Å². The SMILES string of the molecule is CCOC(=O)n1nc2c(c1NC(=O)c1ccc(C(F)(F)F)cc1)CN(C(=O)OC(C)(C)C)C2(C)C. The molecule has 190 valence electrons. The van der Waals surface area contributed by atoms with Gasteiger partial charge in [0.1, 0.15) is 11.4 Å². The molecular formula is C23H27F3N4O5. The summed E-state index contributed by atoms with van der Waals surface area (Å²) in [6.07, 6.45) is -6.01. The maximum absolute atomic E-state index is 12.9. The van der Waals surface area contributed by atoms with Crippen LogP contribution < -0.4 is 5.32 Å². The first-order valence-corrected chi connectivity index (χ1v) is 10.8. The van der Waals surface area contributed by atoms with E-state index in [4.69, 9.17) is 9.47 Å². The fourth-order valence-corrected chi connectivity index (χ4v) is 3.62. The van der Waals surface area contributed by atoms with Crippen LogP contribution in [0.4, 0.5) is 28.6 Å². The first-order chi connectivity index (χ1) is 16.1. The lowest BCUT2D eigenvalue weighted by atomic mass is 10.0. The van der Waals surface area contributed by atoms with Gasteiger partial charge in [-0.15, -0.1) is 4.68 Å². The van der Waals surface area contributed by atoms with E-state index < -0.39 is 41.0 Å². The fraction of sp³-hybridized carbons (Fsp3) is 0.478. The number of halogens is 3. The molecule has 2 heterocycles. The maximum atomic E-state index is 12.9. The summed E-state index contributed by atoms with van der Waals surface area (Å²) >= 11 is 0. The smallest absolute Gasteiger partial charge is 0.436 e. The van der Waals surface area contributed by atoms with Gasteiger partial charge in [-0.05, 0) is 65.8 Å². The number of nitrogens with zero attached hydrogens (tertiary/aromatic N) is 3. The normalized spacial score (nSPS) is 14.9. The molecule has 0 atom stereocenters. The third-order valence-electron chi connectivity index (χ3n) is 5.32. The Morgan fingerprint density at radius 1 is 1.09 bits per heavy atom. The van der Waals surface area contributed by atoms with Gasteiger partial charge in [-0.3, -0.25) is 9.69 Å². The third-order valence-corrected chi connectivity index (χ3v) is 5.32. The maximum Gasteiger partial charge on any atom is 0.436 e. The number of benzene rings is 1. The van der Waals surface area contributed by atoms with Gasteiger partial charge in [-0.1, -0.05) is 0 Å². The molecule has 0 fully saturated rings. The van der Waals surface area contributed by atoms with Crippen molar-refractivity contribution in [3.8, 4) is 0 Å². The van der Waals surface area contributed by atoms with Gasteiger partial charge < -0.3 is 14.8 Å². The molecule has 2 amide bonds. The summed E-state index contributed by atoms with van der Waals surface area (Å²) in [7, 11) is 0. The zero-order chi connectivity index (χ0) is 26.3. The topological polar surface area (TPSA) is 103 Å². The zero-order valence-corrected chi connectivity index (χ0v) is 20.2. The van der Waals surface area contributed by atoms with Crippen molar-refractivity contribution in [1.82, 2.24) is 14.7 Å². The van der Waals surface area contributed by atoms with Crippen molar-refractivity contribution in [2.24, 2.45) is 0 Å². The summed E-state index contributed by atoms with van der Waals surface area (Å²) in [6.45, 7) is 10.2. The number of carbonyl (C=O) groups is 3. The zero-order valence-electron chi connectivity index (χ0n) is 20.2. The summed E-state index contributed by atoms with van der Waals surface area (Å²) in [5, 5.41) is 6.86. The molecule has 1 aromatic heterocycles. The Bertz CT molecular complexity index is 1150. The second-order valence-electron chi connectivity index (χ2n) is 9.44. The molecule has 1 aliphatic rings. The number of aromatic nitrogens is 2. The monoisotopic (exact) mass is 496 g/mol. The average molecular weight is 496 g/mol. The van der Waals surface area contributed by atoms with Gasteiger partial charge >= 0.3 is 18.4 Å². The highest BCUT2D eigenvalue weighted by atomic mass is 19.4. The number of rotatable bonds is 3. The van der Waals surface area contributed by atoms with Crippen molar-refractivity contribution in [2.75, 3.05) is 11.9 Å². The molecule has 0 radical (unpaired) electrons. The Kier molecular flexibility index (Phi) is 6.62. The highest BCUT2D eigenvalue weighted by Crippen LogP contribution is 2.42. The van der Waals surface area contributed by atoms with E-state index in [-0.39, 0.29) is 24.5 Å². The molecular weight excluding hydrogens is 469 g/mol. The predicted molar refractivity (Wildman–Crippen MR) is 119 cm³/mol. The summed E-state index contributed by atoms with van der Waals surface area (Å²) in [5.41, 5.74) is -1.99. The first-order valence-electron chi connectivity index (χ1n) is 10.8. The Morgan fingerprint density at radius 3 is 2.20 bits per heavy atom. The number of ether oxygens (including phenoxy) is 2. The standard InChI is InChI=1S/C23H27F3N4O5/c1-7-34-20(33)30-17(27-18(31)13-8-10-14(11-9-13)23(24,25)26)15-12-29(19(32)35-21(2,3)4)22(5,6)16(15)28-30/h8-11H,7,12H2,1-6H3,(H,27,31). The minimum absolute atomic E-state index is 0.0285. The molecule has 35 heavy (non-hydrogen) atoms. The van der Waals surface area contributed by atoms with Gasteiger partial charge in [0.05, 0.1) is 29.9 Å². The van der Waals surface area contributed by atoms with Gasteiger partial charge in [-0.25, -0.2) is 9.59 Å². The van der Waals surface area contributed by atoms with E-state index in [9.17, 15) is 27.6 Å². The number of fused-ring (bicyclic) bond motifs is 1. The van der Waals surface area contributed by atoms with Crippen molar-refractivity contribution >= 4 is 23.9 Å². The van der Waals surface area contributed by atoms with Crippen LogP contribution in [0, 0.1) is 0 Å². The van der Waals surface area contributed by atoms with Crippen molar-refractivity contribution in [1.29, 1.82) is 0 Å². The second-order valence-corrected chi connectivity index (χ2v) is 9.44. The fourth-order valence-electron chi connectivity index (χ4n) is 3.62. The predicted octanol–water partition coefficient (Wildman–Crippen LogP) is 5.14. The van der Waals surface area contributed by atoms with Crippen LogP contribution in [0.1, 0.15) is 68.7 Å². The summed E-state index contributed by atoms with van der Waals surface area (Å²) in [5.74, 6) is -0.803. The number of carbonyl (C=O) groups excluding carboxylic acids is 3. The van der Waals surface area contributed by atoms with Crippen LogP contribution in [-0.2, 0) is 27.7 Å². The molecule has 12 heteroatoms. The average Bonchev–Trinajstić information content (AvgIpc) is 3.21. The van der Waals surface area contributed by atoms with E-state index >= 15 is 0 Å². The van der Waals surface area contributed by atoms with Gasteiger partial charge in [0.15, 0.2) is 0 Å². The number of anilines is 1. The van der Waals surface area contributed by atoms with Crippen LogP contribution in [0.5, 0.6) is 0 Å². The van der Waals surface area contributed by atoms with E-state index in [0.717, 1.165) is 28.9 Å². The summed E-state index contributed by atoms with van der Waals surface area (Å²) < 4.78 is 50.0. The Morgan fingerprint density at radius 2 is 1.69 bits per heavy atom. The molecule has 0 bridgehead atoms. The lowest BCUT2D eigenvalue weighted by molar-refractivity contribution is -0.137. The largest absolute Gasteiger partial charge is 0.448 e. The molecule has 0 saturated carbocycles. The van der Waals surface area contributed by atoms with Crippen LogP contribution in [0.3, 0.4) is 0 Å². The molecule has 3 rings (SSSR count). The Hall–Kier alpha value is -3.57. The van der Waals surface area contributed by atoms with E-state index in [1.54, 1.807) is 41.5 Å². The van der Waals surface area contributed by atoms with Crippen molar-refractivity contribution < 1.29 is 37.0 Å². The van der Waals surface area contributed by atoms with Gasteiger partial charge in [-0.2, -0.15) is 18.3 Å². The lowest BCUT2D eigenvalue weighted by Crippen LogP contribution is -2.44. The van der Waals surface area contributed by atoms with Gasteiger partial charge in [0, 0.05) is 11.1 Å². The van der Waals surface area contributed by atoms with Crippen molar-refractivity contribution in [3.63, 3.8) is 0 Å². The number of hydrogen-bond acceptors (Lipinski definition) is 6. The van der Waals surface area contributed by atoms with Gasteiger partial charge in [0.25, 0.3) is 5.91 Å². The highest BCUT2D eigenvalue weighted by molar-refractivity contribution is 6.05. The molecule has 1 N–H and O–H groups in total. The van der Waals surface area contributed by atoms with Crippen LogP contribution >= 0.6 is 0 Å². The molecule has 1 aromatic carbocycles. The quantitative estimate of drug-likeness (QED) is 0.631. The van der Waals surface area contributed by atoms with Crippen molar-refractivity contribution in [3.05, 3.63) is 46.6 Å². The minimum atomic E-state index is -4.55. The molecule has 0 saturated heterocycles. The minimum Gasteiger partial charge on any atom is -0.448 e. The molecule has 0 aliphatic carbocycles. The molecule has 2 aromatic rings. The number of alkyl halides is 3. The van der Waals surface area contributed by atoms with E-state index in [2.05, 4.69) is 10.4 Å². The summed E-state index contributed by atoms with van der Waals surface area (Å²) in [6, 6.07) is 3.63. The van der Waals surface area contributed by atoms with E-state index in [1.165, 1.54) is 4.90 Å². The third kappa shape index (κ3) is 5.25. The van der Waals surface area contributed by atoms with E-state index in [0.29, 0.717) is 11.3 Å². The number of nitrogens with one attached hydrogen (secondary N) is 1. The Balaban J connectivity index is 1.98. The molecule has 9 nitrogen and oxygen atoms in total. The van der Waals surface area contributed by atoms with Crippen LogP contribution in [-0.4, -0.2) is 45.0 Å². The number of amides is 2. The molecule has 1 aliphatic heterocycles. The number of hydrogen-bond donors (Lipinski definition) is 1.